The third-order valence-electron chi connectivity index (χ3n) is 5.20. The number of aromatic nitrogens is 1. The molecule has 0 spiro atoms. The number of H-pyrrole nitrogens is 1. The normalized spacial score (nSPS) is 13.4. The van der Waals surface area contributed by atoms with Crippen molar-refractivity contribution in [1.29, 1.82) is 0 Å². The molecule has 0 saturated heterocycles. The minimum absolute atomic E-state index is 0.0184. The number of primary amides is 1. The van der Waals surface area contributed by atoms with Crippen LogP contribution < -0.4 is 27.4 Å². The van der Waals surface area contributed by atoms with Gasteiger partial charge in [-0.2, -0.15) is 11.8 Å². The zero-order chi connectivity index (χ0) is 26.0. The molecule has 3 atom stereocenters. The van der Waals surface area contributed by atoms with Gasteiger partial charge in [0.15, 0.2) is 0 Å². The van der Waals surface area contributed by atoms with Gasteiger partial charge in [-0.3, -0.25) is 19.2 Å². The van der Waals surface area contributed by atoms with E-state index < -0.39 is 60.7 Å². The van der Waals surface area contributed by atoms with Crippen molar-refractivity contribution in [2.45, 2.75) is 37.4 Å². The maximum Gasteiger partial charge on any atom is 0.326 e. The van der Waals surface area contributed by atoms with Crippen molar-refractivity contribution in [3.63, 3.8) is 0 Å². The molecule has 0 bridgehead atoms. The number of fused-ring (bicyclic) bond motifs is 1. The van der Waals surface area contributed by atoms with Gasteiger partial charge in [-0.05, 0) is 30.1 Å². The number of hydrogen-bond acceptors (Lipinski definition) is 7. The van der Waals surface area contributed by atoms with Crippen molar-refractivity contribution in [1.82, 2.24) is 20.9 Å². The summed E-state index contributed by atoms with van der Waals surface area (Å²) in [5.74, 6) is -3.79. The average molecular weight is 507 g/mol. The molecule has 2 rings (SSSR count). The molecule has 35 heavy (non-hydrogen) atoms. The van der Waals surface area contributed by atoms with Crippen molar-refractivity contribution in [2.75, 3.05) is 18.6 Å². The summed E-state index contributed by atoms with van der Waals surface area (Å²) in [5.41, 5.74) is 12.0. The quantitative estimate of drug-likeness (QED) is 0.166. The van der Waals surface area contributed by atoms with E-state index in [1.54, 1.807) is 6.20 Å². The molecule has 0 fully saturated rings. The first-order chi connectivity index (χ1) is 16.7. The molecule has 9 N–H and O–H groups in total. The number of carboxylic acids is 1. The van der Waals surface area contributed by atoms with Crippen LogP contribution in [0.3, 0.4) is 0 Å². The van der Waals surface area contributed by atoms with Crippen LogP contribution in [0.25, 0.3) is 10.9 Å². The molecule has 4 amide bonds. The van der Waals surface area contributed by atoms with E-state index in [2.05, 4.69) is 20.9 Å². The maximum atomic E-state index is 13.1. The van der Waals surface area contributed by atoms with Gasteiger partial charge in [0.1, 0.15) is 18.1 Å². The Morgan fingerprint density at radius 2 is 1.69 bits per heavy atom. The summed E-state index contributed by atoms with van der Waals surface area (Å²) in [6.45, 7) is -0.419. The number of hydrogen-bond donors (Lipinski definition) is 7. The van der Waals surface area contributed by atoms with Crippen molar-refractivity contribution >= 4 is 52.3 Å². The topological polar surface area (TPSA) is 210 Å². The van der Waals surface area contributed by atoms with Crippen LogP contribution in [0.15, 0.2) is 30.5 Å². The summed E-state index contributed by atoms with van der Waals surface area (Å²) in [5, 5.41) is 17.6. The zero-order valence-electron chi connectivity index (χ0n) is 19.2. The predicted molar refractivity (Wildman–Crippen MR) is 131 cm³/mol. The van der Waals surface area contributed by atoms with Crippen molar-refractivity contribution in [2.24, 2.45) is 11.5 Å². The van der Waals surface area contributed by atoms with Crippen LogP contribution >= 0.6 is 11.8 Å². The van der Waals surface area contributed by atoms with E-state index in [0.717, 1.165) is 10.9 Å². The monoisotopic (exact) mass is 506 g/mol. The molecule has 2 aromatic rings. The highest BCUT2D eigenvalue weighted by atomic mass is 32.2. The van der Waals surface area contributed by atoms with Crippen LogP contribution in [-0.2, 0) is 30.4 Å². The number of thioether (sulfide) groups is 1. The molecule has 3 unspecified atom stereocenters. The third kappa shape index (κ3) is 8.30. The highest BCUT2D eigenvalue weighted by Crippen LogP contribution is 2.19. The first kappa shape index (κ1) is 27.7. The first-order valence-corrected chi connectivity index (χ1v) is 12.2. The smallest absolute Gasteiger partial charge is 0.326 e. The molecule has 12 nitrogen and oxygen atoms in total. The molecular weight excluding hydrogens is 476 g/mol. The van der Waals surface area contributed by atoms with Crippen LogP contribution in [0.5, 0.6) is 0 Å². The summed E-state index contributed by atoms with van der Waals surface area (Å²) in [4.78, 5) is 64.0. The highest BCUT2D eigenvalue weighted by molar-refractivity contribution is 7.98. The highest BCUT2D eigenvalue weighted by Gasteiger charge is 2.30. The Labute approximate surface area is 205 Å². The Morgan fingerprint density at radius 1 is 1.03 bits per heavy atom. The average Bonchev–Trinajstić information content (AvgIpc) is 3.22. The molecule has 0 aliphatic heterocycles. The largest absolute Gasteiger partial charge is 0.480 e. The summed E-state index contributed by atoms with van der Waals surface area (Å²) in [6, 6.07) is 3.63. The number of para-hydroxylation sites is 1. The number of carboxylic acid groups (broad SMARTS) is 1. The lowest BCUT2D eigenvalue weighted by Crippen LogP contribution is -2.57. The Bertz CT molecular complexity index is 1070. The standard InChI is InChI=1S/C22H30N6O6S/c1-35-7-6-15(22(33)34)27-20(31)16(8-12-11-25-14-5-3-2-4-13(12)14)28-21(32)17(9-18(24)29)26-19(30)10-23/h2-5,11,15-17,25H,6-10,23H2,1H3,(H2,24,29)(H,26,30)(H,27,31)(H,28,32)(H,33,34). The Hall–Kier alpha value is -3.58. The Balaban J connectivity index is 2.31. The second-order valence-corrected chi connectivity index (χ2v) is 8.79. The minimum Gasteiger partial charge on any atom is -0.480 e. The number of aromatic amines is 1. The predicted octanol–water partition coefficient (Wildman–Crippen LogP) is -1.16. The van der Waals surface area contributed by atoms with E-state index in [9.17, 15) is 29.1 Å². The number of carbonyl (C=O) groups excluding carboxylic acids is 4. The van der Waals surface area contributed by atoms with Gasteiger partial charge in [0.2, 0.25) is 23.6 Å². The van der Waals surface area contributed by atoms with E-state index in [1.807, 2.05) is 30.5 Å². The molecule has 0 aliphatic rings. The molecule has 0 aliphatic carbocycles. The number of amides is 4. The molecule has 1 aromatic heterocycles. The minimum atomic E-state index is -1.35. The van der Waals surface area contributed by atoms with Gasteiger partial charge in [-0.15, -0.1) is 0 Å². The van der Waals surface area contributed by atoms with Gasteiger partial charge in [0, 0.05) is 23.5 Å². The van der Waals surface area contributed by atoms with Crippen LogP contribution in [0.4, 0.5) is 0 Å². The van der Waals surface area contributed by atoms with Crippen LogP contribution in [0.2, 0.25) is 0 Å². The van der Waals surface area contributed by atoms with Crippen LogP contribution in [0.1, 0.15) is 18.4 Å². The van der Waals surface area contributed by atoms with Crippen molar-refractivity contribution in [3.05, 3.63) is 36.0 Å². The Kier molecular flexibility index (Phi) is 10.5. The Morgan fingerprint density at radius 3 is 2.31 bits per heavy atom. The number of carbonyl (C=O) groups is 5. The molecule has 1 aromatic carbocycles. The molecule has 0 radical (unpaired) electrons. The van der Waals surface area contributed by atoms with E-state index in [1.165, 1.54) is 11.8 Å². The van der Waals surface area contributed by atoms with E-state index in [4.69, 9.17) is 11.5 Å². The van der Waals surface area contributed by atoms with E-state index in [0.29, 0.717) is 11.3 Å². The second kappa shape index (κ2) is 13.3. The fourth-order valence-corrected chi connectivity index (χ4v) is 3.90. The molecule has 1 heterocycles. The number of nitrogens with two attached hydrogens (primary N) is 2. The summed E-state index contributed by atoms with van der Waals surface area (Å²) in [6.07, 6.45) is 3.20. The second-order valence-electron chi connectivity index (χ2n) is 7.80. The summed E-state index contributed by atoms with van der Waals surface area (Å²) < 4.78 is 0. The van der Waals surface area contributed by atoms with Gasteiger partial charge < -0.3 is 37.5 Å². The molecule has 13 heteroatoms. The van der Waals surface area contributed by atoms with Gasteiger partial charge >= 0.3 is 5.97 Å². The van der Waals surface area contributed by atoms with Crippen LogP contribution in [-0.4, -0.2) is 76.4 Å². The SMILES string of the molecule is CSCCC(NC(=O)C(Cc1c[nH]c2ccccc12)NC(=O)C(CC(N)=O)NC(=O)CN)C(=O)O. The van der Waals surface area contributed by atoms with E-state index in [-0.39, 0.29) is 12.8 Å². The lowest BCUT2D eigenvalue weighted by Gasteiger charge is -2.24. The zero-order valence-corrected chi connectivity index (χ0v) is 20.0. The van der Waals surface area contributed by atoms with Gasteiger partial charge in [-0.25, -0.2) is 4.79 Å². The van der Waals surface area contributed by atoms with Crippen LogP contribution in [0, 0.1) is 0 Å². The summed E-state index contributed by atoms with van der Waals surface area (Å²) in [7, 11) is 0. The first-order valence-electron chi connectivity index (χ1n) is 10.8. The number of rotatable bonds is 14. The van der Waals surface area contributed by atoms with Crippen molar-refractivity contribution in [3.8, 4) is 0 Å². The fraction of sp³-hybridized carbons (Fsp3) is 0.409. The number of aliphatic carboxylic acids is 1. The molecule has 190 valence electrons. The van der Waals surface area contributed by atoms with Gasteiger partial charge in [0.05, 0.1) is 13.0 Å². The van der Waals surface area contributed by atoms with E-state index >= 15 is 0 Å². The molecular formula is C22H30N6O6S. The fourth-order valence-electron chi connectivity index (χ4n) is 3.43. The molecule has 0 saturated carbocycles. The lowest BCUT2D eigenvalue weighted by molar-refractivity contribution is -0.142. The van der Waals surface area contributed by atoms with Gasteiger partial charge in [-0.1, -0.05) is 18.2 Å². The summed E-state index contributed by atoms with van der Waals surface area (Å²) >= 11 is 1.43. The third-order valence-corrected chi connectivity index (χ3v) is 5.84. The lowest BCUT2D eigenvalue weighted by atomic mass is 10.0. The maximum absolute atomic E-state index is 13.1. The van der Waals surface area contributed by atoms with Crippen molar-refractivity contribution < 1.29 is 29.1 Å². The number of benzene rings is 1. The number of nitrogens with one attached hydrogen (secondary N) is 4. The van der Waals surface area contributed by atoms with Gasteiger partial charge in [0.25, 0.3) is 0 Å².